The number of benzene rings is 3. The van der Waals surface area contributed by atoms with Gasteiger partial charge >= 0.3 is 11.9 Å². The van der Waals surface area contributed by atoms with Crippen LogP contribution >= 0.6 is 0 Å². The Bertz CT molecular complexity index is 1330. The van der Waals surface area contributed by atoms with Gasteiger partial charge in [-0.2, -0.15) is 0 Å². The molecule has 0 saturated carbocycles. The highest BCUT2D eigenvalue weighted by atomic mass is 16.6. The first-order valence-corrected chi connectivity index (χ1v) is 14.3. The molecule has 1 heterocycles. The molecule has 0 saturated heterocycles. The quantitative estimate of drug-likeness (QED) is 0.201. The molecular weight excluding hydrogens is 536 g/mol. The van der Waals surface area contributed by atoms with E-state index < -0.39 is 12.1 Å². The SMILES string of the molecule is CCOC(=O)C1CN(CCCC(=O)OC)c2cccc(NC(=O)c3ccc(OCCCCc4ccccc4)cc3)c2O1. The number of nitrogens with zero attached hydrogens (tertiary/aromatic N) is 1. The molecule has 9 nitrogen and oxygen atoms in total. The number of amides is 1. The largest absolute Gasteiger partial charge is 0.494 e. The lowest BCUT2D eigenvalue weighted by Crippen LogP contribution is -2.46. The monoisotopic (exact) mass is 574 g/mol. The molecule has 0 aliphatic carbocycles. The number of para-hydroxylation sites is 1. The molecule has 1 atom stereocenters. The van der Waals surface area contributed by atoms with Gasteiger partial charge in [-0.25, -0.2) is 4.79 Å². The second kappa shape index (κ2) is 15.5. The number of hydrogen-bond acceptors (Lipinski definition) is 8. The number of nitrogens with one attached hydrogen (secondary N) is 1. The van der Waals surface area contributed by atoms with Gasteiger partial charge in [-0.1, -0.05) is 36.4 Å². The van der Waals surface area contributed by atoms with Gasteiger partial charge in [0.25, 0.3) is 5.91 Å². The summed E-state index contributed by atoms with van der Waals surface area (Å²) >= 11 is 0. The zero-order chi connectivity index (χ0) is 29.7. The van der Waals surface area contributed by atoms with E-state index in [9.17, 15) is 14.4 Å². The lowest BCUT2D eigenvalue weighted by Gasteiger charge is -2.36. The summed E-state index contributed by atoms with van der Waals surface area (Å²) in [5.41, 5.74) is 2.93. The summed E-state index contributed by atoms with van der Waals surface area (Å²) in [6, 6.07) is 22.8. The number of esters is 2. The topological polar surface area (TPSA) is 103 Å². The minimum atomic E-state index is -0.877. The van der Waals surface area contributed by atoms with Crippen molar-refractivity contribution < 1.29 is 33.3 Å². The van der Waals surface area contributed by atoms with E-state index in [4.69, 9.17) is 18.9 Å². The van der Waals surface area contributed by atoms with Crippen LogP contribution in [0.15, 0.2) is 72.8 Å². The predicted octanol–water partition coefficient (Wildman–Crippen LogP) is 5.42. The van der Waals surface area contributed by atoms with Crippen LogP contribution in [0.4, 0.5) is 11.4 Å². The lowest BCUT2D eigenvalue weighted by atomic mass is 10.1. The van der Waals surface area contributed by atoms with Crippen LogP contribution in [-0.2, 0) is 25.5 Å². The number of carbonyl (C=O) groups is 3. The summed E-state index contributed by atoms with van der Waals surface area (Å²) in [5, 5.41) is 2.92. The van der Waals surface area contributed by atoms with Crippen molar-refractivity contribution in [3.8, 4) is 11.5 Å². The molecule has 9 heteroatoms. The molecule has 1 unspecified atom stereocenters. The Kier molecular flexibility index (Phi) is 11.2. The molecule has 0 aromatic heterocycles. The highest BCUT2D eigenvalue weighted by Gasteiger charge is 2.33. The Labute approximate surface area is 246 Å². The number of anilines is 2. The van der Waals surface area contributed by atoms with Crippen molar-refractivity contribution in [2.45, 2.75) is 45.1 Å². The van der Waals surface area contributed by atoms with Gasteiger partial charge in [-0.15, -0.1) is 0 Å². The number of unbranched alkanes of at least 4 members (excludes halogenated alkanes) is 1. The van der Waals surface area contributed by atoms with Crippen LogP contribution in [0.3, 0.4) is 0 Å². The van der Waals surface area contributed by atoms with E-state index in [1.807, 2.05) is 35.2 Å². The van der Waals surface area contributed by atoms with Gasteiger partial charge in [0.2, 0.25) is 6.10 Å². The van der Waals surface area contributed by atoms with Crippen LogP contribution in [0.1, 0.15) is 48.5 Å². The molecule has 4 rings (SSSR count). The smallest absolute Gasteiger partial charge is 0.349 e. The maximum absolute atomic E-state index is 13.2. The van der Waals surface area contributed by atoms with Crippen molar-refractivity contribution in [2.75, 3.05) is 43.6 Å². The number of carbonyl (C=O) groups excluding carboxylic acids is 3. The van der Waals surface area contributed by atoms with E-state index in [0.29, 0.717) is 48.0 Å². The molecule has 1 N–H and O–H groups in total. The minimum Gasteiger partial charge on any atom is -0.494 e. The molecule has 0 radical (unpaired) electrons. The number of rotatable bonds is 14. The lowest BCUT2D eigenvalue weighted by molar-refractivity contribution is -0.151. The first-order chi connectivity index (χ1) is 20.5. The number of fused-ring (bicyclic) bond motifs is 1. The van der Waals surface area contributed by atoms with Crippen LogP contribution in [-0.4, -0.2) is 57.4 Å². The number of hydrogen-bond donors (Lipinski definition) is 1. The Hall–Kier alpha value is -4.53. The van der Waals surface area contributed by atoms with E-state index in [1.54, 1.807) is 37.3 Å². The van der Waals surface area contributed by atoms with Crippen LogP contribution < -0.4 is 19.7 Å². The molecule has 42 heavy (non-hydrogen) atoms. The van der Waals surface area contributed by atoms with Gasteiger partial charge in [0.15, 0.2) is 5.75 Å². The highest BCUT2D eigenvalue weighted by Crippen LogP contribution is 2.40. The van der Waals surface area contributed by atoms with Gasteiger partial charge in [0, 0.05) is 18.5 Å². The van der Waals surface area contributed by atoms with Gasteiger partial charge in [0.1, 0.15) is 5.75 Å². The molecule has 222 valence electrons. The molecule has 1 aliphatic heterocycles. The molecule has 0 bridgehead atoms. The van der Waals surface area contributed by atoms with Crippen LogP contribution in [0.25, 0.3) is 0 Å². The number of ether oxygens (including phenoxy) is 4. The Morgan fingerprint density at radius 3 is 2.48 bits per heavy atom. The molecule has 0 spiro atoms. The first-order valence-electron chi connectivity index (χ1n) is 14.3. The summed E-state index contributed by atoms with van der Waals surface area (Å²) in [4.78, 5) is 39.3. The number of methoxy groups -OCH3 is 1. The fourth-order valence-electron chi connectivity index (χ4n) is 4.72. The highest BCUT2D eigenvalue weighted by molar-refractivity contribution is 6.05. The third-order valence-electron chi connectivity index (χ3n) is 6.90. The van der Waals surface area contributed by atoms with Crippen molar-refractivity contribution in [3.63, 3.8) is 0 Å². The fraction of sp³-hybridized carbons (Fsp3) is 0.364. The number of aryl methyl sites for hydroxylation is 1. The summed E-state index contributed by atoms with van der Waals surface area (Å²) < 4.78 is 21.9. The van der Waals surface area contributed by atoms with E-state index in [2.05, 4.69) is 17.4 Å². The molecule has 3 aromatic carbocycles. The normalized spacial score (nSPS) is 13.9. The average molecular weight is 575 g/mol. The third-order valence-corrected chi connectivity index (χ3v) is 6.90. The molecule has 1 aliphatic rings. The standard InChI is InChI=1S/C33H38N2O7/c1-3-40-33(38)29-23-35(21-10-16-30(36)39-2)28-15-9-14-27(31(28)42-29)34-32(37)25-17-19-26(20-18-25)41-22-8-7-13-24-11-5-4-6-12-24/h4-6,9,11-12,14-15,17-20,29H,3,7-8,10,13,16,21-23H2,1-2H3,(H,34,37). The second-order valence-electron chi connectivity index (χ2n) is 9.91. The van der Waals surface area contributed by atoms with Gasteiger partial charge in [0.05, 0.1) is 38.2 Å². The summed E-state index contributed by atoms with van der Waals surface area (Å²) in [5.74, 6) is -0.0315. The summed E-state index contributed by atoms with van der Waals surface area (Å²) in [6.45, 7) is 3.31. The van der Waals surface area contributed by atoms with E-state index in [0.717, 1.165) is 19.3 Å². The zero-order valence-corrected chi connectivity index (χ0v) is 24.2. The van der Waals surface area contributed by atoms with E-state index >= 15 is 0 Å². The maximum Gasteiger partial charge on any atom is 0.349 e. The Morgan fingerprint density at radius 2 is 1.74 bits per heavy atom. The zero-order valence-electron chi connectivity index (χ0n) is 24.2. The molecular formula is C33H38N2O7. The van der Waals surface area contributed by atoms with Crippen molar-refractivity contribution in [2.24, 2.45) is 0 Å². The van der Waals surface area contributed by atoms with E-state index in [-0.39, 0.29) is 31.4 Å². The van der Waals surface area contributed by atoms with Crippen LogP contribution in [0.5, 0.6) is 11.5 Å². The molecule has 3 aromatic rings. The average Bonchev–Trinajstić information content (AvgIpc) is 3.01. The maximum atomic E-state index is 13.2. The molecule has 0 fully saturated rings. The van der Waals surface area contributed by atoms with Crippen molar-refractivity contribution in [3.05, 3.63) is 83.9 Å². The van der Waals surface area contributed by atoms with Gasteiger partial charge in [-0.05, 0) is 74.6 Å². The molecule has 1 amide bonds. The van der Waals surface area contributed by atoms with Crippen molar-refractivity contribution >= 4 is 29.2 Å². The van der Waals surface area contributed by atoms with Crippen molar-refractivity contribution in [1.29, 1.82) is 0 Å². The second-order valence-corrected chi connectivity index (χ2v) is 9.91. The van der Waals surface area contributed by atoms with Crippen molar-refractivity contribution in [1.82, 2.24) is 0 Å². The van der Waals surface area contributed by atoms with Gasteiger partial charge in [-0.3, -0.25) is 9.59 Å². The fourth-order valence-corrected chi connectivity index (χ4v) is 4.72. The minimum absolute atomic E-state index is 0.222. The third kappa shape index (κ3) is 8.49. The van der Waals surface area contributed by atoms with E-state index in [1.165, 1.54) is 12.7 Å². The summed E-state index contributed by atoms with van der Waals surface area (Å²) in [6.07, 6.45) is 2.88. The van der Waals surface area contributed by atoms with Crippen LogP contribution in [0.2, 0.25) is 0 Å². The Balaban J connectivity index is 1.37. The van der Waals surface area contributed by atoms with Crippen LogP contribution in [0, 0.1) is 0 Å². The summed E-state index contributed by atoms with van der Waals surface area (Å²) in [7, 11) is 1.35. The Morgan fingerprint density at radius 1 is 0.952 bits per heavy atom. The predicted molar refractivity (Wildman–Crippen MR) is 160 cm³/mol. The van der Waals surface area contributed by atoms with Gasteiger partial charge < -0.3 is 29.2 Å². The first kappa shape index (κ1) is 30.4.